The zero-order chi connectivity index (χ0) is 16.4. The van der Waals surface area contributed by atoms with E-state index in [4.69, 9.17) is 0 Å². The third kappa shape index (κ3) is 1.74. The Labute approximate surface area is 131 Å². The maximum absolute atomic E-state index is 12.8. The molecule has 1 saturated carbocycles. The zero-order valence-corrected chi connectivity index (χ0v) is 14.0. The lowest BCUT2D eigenvalue weighted by atomic mass is 9.58. The molecular weight excluding hydrogens is 276 g/mol. The van der Waals surface area contributed by atoms with E-state index in [0.29, 0.717) is 11.1 Å². The van der Waals surface area contributed by atoms with E-state index in [1.807, 2.05) is 19.9 Å². The molecule has 3 aliphatic carbocycles. The molecule has 0 unspecified atom stereocenters. The van der Waals surface area contributed by atoms with Crippen LogP contribution in [-0.4, -0.2) is 16.7 Å². The van der Waals surface area contributed by atoms with Gasteiger partial charge in [0.25, 0.3) is 0 Å². The van der Waals surface area contributed by atoms with E-state index in [1.54, 1.807) is 0 Å². The normalized spacial score (nSPS) is 30.7. The topological polar surface area (TPSA) is 54.4 Å². The summed E-state index contributed by atoms with van der Waals surface area (Å²) in [4.78, 5) is 25.2. The van der Waals surface area contributed by atoms with Crippen LogP contribution < -0.4 is 0 Å². The smallest absolute Gasteiger partial charge is 0.233 e. The number of ketones is 2. The summed E-state index contributed by atoms with van der Waals surface area (Å²) in [6, 6.07) is 0. The largest absolute Gasteiger partial charge is 0.507 e. The molecule has 0 saturated heterocycles. The number of hydrogen-bond acceptors (Lipinski definition) is 3. The first-order valence-corrected chi connectivity index (χ1v) is 8.11. The van der Waals surface area contributed by atoms with Crippen molar-refractivity contribution < 1.29 is 14.7 Å². The third-order valence-corrected chi connectivity index (χ3v) is 5.68. The van der Waals surface area contributed by atoms with Crippen molar-refractivity contribution >= 4 is 11.6 Å². The predicted octanol–water partition coefficient (Wildman–Crippen LogP) is 4.06. The second kappa shape index (κ2) is 4.43. The van der Waals surface area contributed by atoms with Crippen LogP contribution in [0.3, 0.4) is 0 Å². The number of fused-ring (bicyclic) bond motifs is 2. The average Bonchev–Trinajstić information content (AvgIpc) is 2.71. The molecule has 22 heavy (non-hydrogen) atoms. The van der Waals surface area contributed by atoms with Crippen LogP contribution in [0.5, 0.6) is 0 Å². The van der Waals surface area contributed by atoms with Gasteiger partial charge in [0.05, 0.1) is 0 Å². The van der Waals surface area contributed by atoms with Gasteiger partial charge in [0.1, 0.15) is 5.76 Å². The summed E-state index contributed by atoms with van der Waals surface area (Å²) in [6.45, 7) is 10.1. The molecule has 0 heterocycles. The van der Waals surface area contributed by atoms with Crippen molar-refractivity contribution in [3.05, 3.63) is 34.1 Å². The summed E-state index contributed by atoms with van der Waals surface area (Å²) >= 11 is 0. The average molecular weight is 300 g/mol. The molecule has 0 radical (unpaired) electrons. The molecule has 3 rings (SSSR count). The first-order valence-electron chi connectivity index (χ1n) is 8.11. The molecule has 0 aromatic heterocycles. The molecule has 3 nitrogen and oxygen atoms in total. The number of Topliss-reactive ketones (excluding diaryl/α,β-unsaturated/α-hetero) is 2. The first-order chi connectivity index (χ1) is 10.1. The Bertz CT molecular complexity index is 685. The van der Waals surface area contributed by atoms with Gasteiger partial charge in [-0.1, -0.05) is 52.7 Å². The van der Waals surface area contributed by atoms with Crippen molar-refractivity contribution in [1.29, 1.82) is 0 Å². The fourth-order valence-corrected chi connectivity index (χ4v) is 4.61. The Morgan fingerprint density at radius 2 is 1.73 bits per heavy atom. The van der Waals surface area contributed by atoms with Gasteiger partial charge in [-0.05, 0) is 24.2 Å². The maximum Gasteiger partial charge on any atom is 0.233 e. The number of carbonyl (C=O) groups excluding carboxylic acids is 2. The van der Waals surface area contributed by atoms with Crippen LogP contribution in [0.15, 0.2) is 34.1 Å². The second-order valence-electron chi connectivity index (χ2n) is 7.99. The summed E-state index contributed by atoms with van der Waals surface area (Å²) in [7, 11) is 0. The van der Waals surface area contributed by atoms with Gasteiger partial charge >= 0.3 is 0 Å². The Kier molecular flexibility index (Phi) is 3.08. The minimum atomic E-state index is -0.523. The highest BCUT2D eigenvalue weighted by Crippen LogP contribution is 2.60. The molecule has 0 bridgehead atoms. The minimum absolute atomic E-state index is 0.00799. The van der Waals surface area contributed by atoms with Gasteiger partial charge < -0.3 is 5.11 Å². The van der Waals surface area contributed by atoms with Gasteiger partial charge in [0, 0.05) is 22.1 Å². The molecule has 0 aliphatic heterocycles. The number of aliphatic hydroxyl groups excluding tert-OH is 1. The fraction of sp³-hybridized carbons (Fsp3) is 0.579. The third-order valence-electron chi connectivity index (χ3n) is 5.68. The highest BCUT2D eigenvalue weighted by molar-refractivity contribution is 6.51. The van der Waals surface area contributed by atoms with Crippen LogP contribution in [0.25, 0.3) is 0 Å². The van der Waals surface area contributed by atoms with Gasteiger partial charge in [0.15, 0.2) is 0 Å². The summed E-state index contributed by atoms with van der Waals surface area (Å²) in [5.74, 6) is -1.07. The van der Waals surface area contributed by atoms with Crippen LogP contribution in [0.2, 0.25) is 0 Å². The van der Waals surface area contributed by atoms with Gasteiger partial charge in [-0.15, -0.1) is 0 Å². The molecule has 3 heteroatoms. The zero-order valence-electron chi connectivity index (χ0n) is 14.0. The summed E-state index contributed by atoms with van der Waals surface area (Å²) < 4.78 is 0. The Morgan fingerprint density at radius 3 is 2.32 bits per heavy atom. The minimum Gasteiger partial charge on any atom is -0.507 e. The maximum atomic E-state index is 12.8. The highest BCUT2D eigenvalue weighted by atomic mass is 16.3. The van der Waals surface area contributed by atoms with Crippen LogP contribution in [-0.2, 0) is 9.59 Å². The van der Waals surface area contributed by atoms with Crippen molar-refractivity contribution in [2.75, 3.05) is 0 Å². The van der Waals surface area contributed by atoms with Gasteiger partial charge in [-0.2, -0.15) is 0 Å². The second-order valence-corrected chi connectivity index (χ2v) is 7.99. The van der Waals surface area contributed by atoms with Gasteiger partial charge in [0.2, 0.25) is 11.6 Å². The van der Waals surface area contributed by atoms with Crippen LogP contribution in [0.4, 0.5) is 0 Å². The van der Waals surface area contributed by atoms with E-state index < -0.39 is 17.0 Å². The molecule has 0 amide bonds. The molecule has 1 N–H and O–H groups in total. The fourth-order valence-electron chi connectivity index (χ4n) is 4.61. The van der Waals surface area contributed by atoms with Gasteiger partial charge in [-0.3, -0.25) is 9.59 Å². The van der Waals surface area contributed by atoms with E-state index in [0.717, 1.165) is 19.3 Å². The highest BCUT2D eigenvalue weighted by Gasteiger charge is 2.53. The molecule has 0 spiro atoms. The lowest BCUT2D eigenvalue weighted by Crippen LogP contribution is -2.39. The van der Waals surface area contributed by atoms with E-state index in [9.17, 15) is 14.7 Å². The van der Waals surface area contributed by atoms with Crippen molar-refractivity contribution in [2.45, 2.75) is 53.9 Å². The molecule has 0 aromatic rings. The quantitative estimate of drug-likeness (QED) is 0.587. The Hall–Kier alpha value is -1.64. The van der Waals surface area contributed by atoms with E-state index in [-0.39, 0.29) is 22.7 Å². The lowest BCUT2D eigenvalue weighted by Gasteiger charge is -2.44. The van der Waals surface area contributed by atoms with Crippen LogP contribution >= 0.6 is 0 Å². The number of hydrogen-bond donors (Lipinski definition) is 1. The summed E-state index contributed by atoms with van der Waals surface area (Å²) in [5.41, 5.74) is 2.17. The number of aliphatic hydroxyl groups is 1. The van der Waals surface area contributed by atoms with Crippen molar-refractivity contribution in [3.8, 4) is 0 Å². The molecule has 1 fully saturated rings. The number of allylic oxidation sites excluding steroid dienone is 4. The predicted molar refractivity (Wildman–Crippen MR) is 85.4 cm³/mol. The molecule has 118 valence electrons. The first kappa shape index (κ1) is 15.3. The van der Waals surface area contributed by atoms with Gasteiger partial charge in [-0.25, -0.2) is 0 Å². The van der Waals surface area contributed by atoms with Crippen molar-refractivity contribution in [1.82, 2.24) is 0 Å². The molecular formula is C19H24O3. The SMILES string of the molecule is CC(C)C1=C(O)C2=C(C(=O)C1=O)[C@]1(C)CCCC(C)(C)C1=C2. The van der Waals surface area contributed by atoms with Crippen LogP contribution in [0.1, 0.15) is 53.9 Å². The Balaban J connectivity index is 2.26. The summed E-state index contributed by atoms with van der Waals surface area (Å²) in [6.07, 6.45) is 4.94. The van der Waals surface area contributed by atoms with Crippen molar-refractivity contribution in [2.24, 2.45) is 16.7 Å². The molecule has 3 aliphatic rings. The van der Waals surface area contributed by atoms with Crippen molar-refractivity contribution in [3.63, 3.8) is 0 Å². The van der Waals surface area contributed by atoms with Crippen LogP contribution in [0, 0.1) is 16.7 Å². The lowest BCUT2D eigenvalue weighted by molar-refractivity contribution is -0.133. The van der Waals surface area contributed by atoms with E-state index in [2.05, 4.69) is 20.8 Å². The monoisotopic (exact) mass is 300 g/mol. The standard InChI is InChI=1S/C19H24O3/c1-10(2)13-15(20)11-9-12-18(3,4)7-6-8-19(12,5)14(11)17(22)16(13)21/h9-10,20H,6-8H2,1-5H3/t19-/m1/s1. The van der Waals surface area contributed by atoms with E-state index in [1.165, 1.54) is 5.57 Å². The number of rotatable bonds is 1. The summed E-state index contributed by atoms with van der Waals surface area (Å²) in [5, 5.41) is 10.6. The Morgan fingerprint density at radius 1 is 1.09 bits per heavy atom. The molecule has 0 aromatic carbocycles. The van der Waals surface area contributed by atoms with E-state index >= 15 is 0 Å². The number of carbonyl (C=O) groups is 2. The molecule has 1 atom stereocenters.